The number of halogens is 3. The van der Waals surface area contributed by atoms with E-state index in [1.165, 1.54) is 5.06 Å². The van der Waals surface area contributed by atoms with Gasteiger partial charge in [-0.25, -0.2) is 10.0 Å². The molecule has 2 aliphatic rings. The van der Waals surface area contributed by atoms with Gasteiger partial charge in [0.2, 0.25) is 5.95 Å². The Labute approximate surface area is 213 Å². The number of aromatic nitrogens is 2. The minimum absolute atomic E-state index is 0.0101. The number of hydroxylamine groups is 1. The van der Waals surface area contributed by atoms with E-state index < -0.39 is 17.8 Å². The SMILES string of the molecule is COc1cc(N2CCN(C)CC2)ccc1Nc1ncc(C(F)(F)F)c(N2OCCC2c2ccccc2)n1. The Balaban J connectivity index is 1.45. The maximum Gasteiger partial charge on any atom is 0.421 e. The van der Waals surface area contributed by atoms with Gasteiger partial charge in [0.1, 0.15) is 11.3 Å². The number of nitrogens with one attached hydrogen (secondary N) is 1. The summed E-state index contributed by atoms with van der Waals surface area (Å²) in [6.07, 6.45) is -3.32. The van der Waals surface area contributed by atoms with Crippen molar-refractivity contribution in [3.8, 4) is 5.75 Å². The molecular formula is C26H29F3N6O2. The summed E-state index contributed by atoms with van der Waals surface area (Å²) in [5, 5.41) is 4.28. The van der Waals surface area contributed by atoms with Crippen molar-refractivity contribution in [1.29, 1.82) is 0 Å². The van der Waals surface area contributed by atoms with Gasteiger partial charge in [0.05, 0.1) is 25.4 Å². The first-order valence-corrected chi connectivity index (χ1v) is 12.1. The van der Waals surface area contributed by atoms with Crippen LogP contribution in [0.3, 0.4) is 0 Å². The van der Waals surface area contributed by atoms with Crippen molar-refractivity contribution in [2.24, 2.45) is 0 Å². The van der Waals surface area contributed by atoms with Gasteiger partial charge in [0.25, 0.3) is 0 Å². The Kier molecular flexibility index (Phi) is 7.07. The van der Waals surface area contributed by atoms with E-state index in [1.807, 2.05) is 48.5 Å². The van der Waals surface area contributed by atoms with Crippen LogP contribution in [-0.4, -0.2) is 61.8 Å². The van der Waals surface area contributed by atoms with Crippen molar-refractivity contribution < 1.29 is 22.7 Å². The number of ether oxygens (including phenoxy) is 1. The molecule has 8 nitrogen and oxygen atoms in total. The average molecular weight is 515 g/mol. The fourth-order valence-electron chi connectivity index (χ4n) is 4.62. The van der Waals surface area contributed by atoms with Crippen LogP contribution in [0.5, 0.6) is 5.75 Å². The van der Waals surface area contributed by atoms with Crippen LogP contribution in [0.4, 0.5) is 36.3 Å². The molecule has 3 aromatic rings. The zero-order valence-electron chi connectivity index (χ0n) is 20.7. The molecular weight excluding hydrogens is 485 g/mol. The maximum absolute atomic E-state index is 13.9. The Morgan fingerprint density at radius 3 is 2.51 bits per heavy atom. The molecule has 3 heterocycles. The molecule has 5 rings (SSSR count). The lowest BCUT2D eigenvalue weighted by Crippen LogP contribution is -2.44. The molecule has 0 bridgehead atoms. The zero-order valence-corrected chi connectivity index (χ0v) is 20.7. The highest BCUT2D eigenvalue weighted by Gasteiger charge is 2.40. The predicted octanol–water partition coefficient (Wildman–Crippen LogP) is 4.88. The Bertz CT molecular complexity index is 1220. The Morgan fingerprint density at radius 1 is 1.05 bits per heavy atom. The number of hydrogen-bond acceptors (Lipinski definition) is 8. The normalized spacial score (nSPS) is 18.8. The van der Waals surface area contributed by atoms with E-state index in [0.717, 1.165) is 43.6 Å². The molecule has 1 unspecified atom stereocenters. The van der Waals surface area contributed by atoms with Crippen molar-refractivity contribution in [2.45, 2.75) is 18.6 Å². The molecule has 2 fully saturated rings. The highest BCUT2D eigenvalue weighted by atomic mass is 19.4. The first-order chi connectivity index (χ1) is 17.8. The Hall–Kier alpha value is -3.57. The summed E-state index contributed by atoms with van der Waals surface area (Å²) in [7, 11) is 3.65. The van der Waals surface area contributed by atoms with Gasteiger partial charge in [-0.2, -0.15) is 18.2 Å². The monoisotopic (exact) mass is 514 g/mol. The number of piperazine rings is 1. The minimum atomic E-state index is -4.65. The van der Waals surface area contributed by atoms with Gasteiger partial charge in [0, 0.05) is 50.6 Å². The highest BCUT2D eigenvalue weighted by molar-refractivity contribution is 5.69. The fourth-order valence-corrected chi connectivity index (χ4v) is 4.62. The Morgan fingerprint density at radius 2 is 1.81 bits per heavy atom. The van der Waals surface area contributed by atoms with Crippen molar-refractivity contribution in [1.82, 2.24) is 14.9 Å². The second kappa shape index (κ2) is 10.4. The lowest BCUT2D eigenvalue weighted by Gasteiger charge is -2.34. The molecule has 0 radical (unpaired) electrons. The summed E-state index contributed by atoms with van der Waals surface area (Å²) in [6, 6.07) is 14.6. The molecule has 1 aromatic heterocycles. The van der Waals surface area contributed by atoms with Crippen LogP contribution in [-0.2, 0) is 11.0 Å². The minimum Gasteiger partial charge on any atom is -0.494 e. The quantitative estimate of drug-likeness (QED) is 0.499. The number of nitrogens with zero attached hydrogens (tertiary/aromatic N) is 5. The second-order valence-corrected chi connectivity index (χ2v) is 9.10. The van der Waals surface area contributed by atoms with Gasteiger partial charge in [-0.1, -0.05) is 30.3 Å². The molecule has 0 saturated carbocycles. The van der Waals surface area contributed by atoms with Crippen molar-refractivity contribution >= 4 is 23.1 Å². The first-order valence-electron chi connectivity index (χ1n) is 12.1. The summed E-state index contributed by atoms with van der Waals surface area (Å²) in [6.45, 7) is 4.01. The molecule has 11 heteroatoms. The molecule has 1 N–H and O–H groups in total. The topological polar surface area (TPSA) is 66.0 Å². The standard InChI is InChI=1S/C26H29F3N6O2/c1-33-11-13-34(14-12-33)19-8-9-21(23(16-19)36-2)31-25-30-17-20(26(27,28)29)24(32-25)35-22(10-15-37-35)18-6-4-3-5-7-18/h3-9,16-17,22H,10-15H2,1-2H3,(H,30,31,32). The third kappa shape index (κ3) is 5.42. The van der Waals surface area contributed by atoms with Gasteiger partial charge in [-0.15, -0.1) is 0 Å². The third-order valence-electron chi connectivity index (χ3n) is 6.67. The molecule has 2 aromatic carbocycles. The summed E-state index contributed by atoms with van der Waals surface area (Å²) in [5.74, 6) is 0.224. The largest absolute Gasteiger partial charge is 0.494 e. The number of alkyl halides is 3. The number of likely N-dealkylation sites (N-methyl/N-ethyl adjacent to an activating group) is 1. The van der Waals surface area contributed by atoms with Gasteiger partial charge in [-0.3, -0.25) is 4.84 Å². The molecule has 0 amide bonds. The van der Waals surface area contributed by atoms with Gasteiger partial charge < -0.3 is 19.9 Å². The molecule has 0 spiro atoms. The van der Waals surface area contributed by atoms with E-state index in [-0.39, 0.29) is 18.4 Å². The molecule has 0 aliphatic carbocycles. The van der Waals surface area contributed by atoms with Crippen LogP contribution in [0.15, 0.2) is 54.7 Å². The van der Waals surface area contributed by atoms with Crippen molar-refractivity contribution in [2.75, 3.05) is 62.2 Å². The van der Waals surface area contributed by atoms with Gasteiger partial charge >= 0.3 is 6.18 Å². The van der Waals surface area contributed by atoms with E-state index in [1.54, 1.807) is 7.11 Å². The average Bonchev–Trinajstić information content (AvgIpc) is 3.39. The number of hydrogen-bond donors (Lipinski definition) is 1. The smallest absolute Gasteiger partial charge is 0.421 e. The lowest BCUT2D eigenvalue weighted by molar-refractivity contribution is -0.138. The van der Waals surface area contributed by atoms with Crippen LogP contribution in [0.25, 0.3) is 0 Å². The van der Waals surface area contributed by atoms with E-state index >= 15 is 0 Å². The van der Waals surface area contributed by atoms with Crippen LogP contribution >= 0.6 is 0 Å². The molecule has 2 aliphatic heterocycles. The maximum atomic E-state index is 13.9. The predicted molar refractivity (Wildman–Crippen MR) is 135 cm³/mol. The summed E-state index contributed by atoms with van der Waals surface area (Å²) < 4.78 is 47.4. The van der Waals surface area contributed by atoms with Crippen LogP contribution in [0, 0.1) is 0 Å². The summed E-state index contributed by atoms with van der Waals surface area (Å²) >= 11 is 0. The van der Waals surface area contributed by atoms with Crippen LogP contribution < -0.4 is 20.0 Å². The van der Waals surface area contributed by atoms with Crippen molar-refractivity contribution in [3.05, 3.63) is 65.9 Å². The lowest BCUT2D eigenvalue weighted by atomic mass is 10.0. The fraction of sp³-hybridized carbons (Fsp3) is 0.385. The van der Waals surface area contributed by atoms with E-state index in [0.29, 0.717) is 17.9 Å². The van der Waals surface area contributed by atoms with Crippen molar-refractivity contribution in [3.63, 3.8) is 0 Å². The summed E-state index contributed by atoms with van der Waals surface area (Å²) in [5.41, 5.74) is 1.45. The number of methoxy groups -OCH3 is 1. The van der Waals surface area contributed by atoms with E-state index in [9.17, 15) is 13.2 Å². The van der Waals surface area contributed by atoms with E-state index in [2.05, 4.69) is 32.1 Å². The zero-order chi connectivity index (χ0) is 26.0. The molecule has 1 atom stereocenters. The highest BCUT2D eigenvalue weighted by Crippen LogP contribution is 2.42. The molecule has 196 valence electrons. The second-order valence-electron chi connectivity index (χ2n) is 9.10. The molecule has 37 heavy (non-hydrogen) atoms. The first kappa shape index (κ1) is 25.1. The van der Waals surface area contributed by atoms with Gasteiger partial charge in [-0.05, 0) is 24.7 Å². The third-order valence-corrected chi connectivity index (χ3v) is 6.67. The van der Waals surface area contributed by atoms with Crippen LogP contribution in [0.1, 0.15) is 23.6 Å². The van der Waals surface area contributed by atoms with E-state index in [4.69, 9.17) is 9.57 Å². The number of anilines is 4. The van der Waals surface area contributed by atoms with Gasteiger partial charge in [0.15, 0.2) is 5.82 Å². The number of benzene rings is 2. The van der Waals surface area contributed by atoms with Crippen LogP contribution in [0.2, 0.25) is 0 Å². The number of rotatable bonds is 6. The summed E-state index contributed by atoms with van der Waals surface area (Å²) in [4.78, 5) is 18.5. The molecule has 2 saturated heterocycles.